The van der Waals surface area contributed by atoms with Crippen molar-refractivity contribution in [1.29, 1.82) is 10.8 Å². The molecule has 0 aromatic rings. The van der Waals surface area contributed by atoms with E-state index in [0.717, 1.165) is 0 Å². The average molecular weight is 594 g/mol. The van der Waals surface area contributed by atoms with Crippen LogP contribution in [0.25, 0.3) is 0 Å². The van der Waals surface area contributed by atoms with Crippen LogP contribution in [0.5, 0.6) is 0 Å². The Labute approximate surface area is 238 Å². The van der Waals surface area contributed by atoms with Crippen LogP contribution in [0, 0.1) is 10.8 Å². The Hall–Kier alpha value is -1.58. The Morgan fingerprint density at radius 3 is 2.20 bits per heavy atom. The van der Waals surface area contributed by atoms with Gasteiger partial charge in [0.05, 0.1) is 30.8 Å². The first-order valence-electron chi connectivity index (χ1n) is 13.7. The molecule has 0 amide bonds. The molecule has 0 aromatic heterocycles. The molecule has 7 unspecified atom stereocenters. The first-order chi connectivity index (χ1) is 19.2. The lowest BCUT2D eigenvalue weighted by molar-refractivity contribution is -0.313. The molecule has 3 aliphatic rings. The van der Waals surface area contributed by atoms with Crippen LogP contribution < -0.4 is 27.8 Å². The van der Waals surface area contributed by atoms with Crippen molar-refractivity contribution in [2.24, 2.45) is 17.2 Å². The van der Waals surface area contributed by atoms with Gasteiger partial charge in [0.2, 0.25) is 0 Å². The van der Waals surface area contributed by atoms with Gasteiger partial charge < -0.3 is 77.4 Å². The van der Waals surface area contributed by atoms with E-state index in [1.54, 1.807) is 0 Å². The number of aliphatic hydroxyl groups is 6. The molecular formula is C24H47N7O10. The summed E-state index contributed by atoms with van der Waals surface area (Å²) in [5, 5.41) is 82.7. The Balaban J connectivity index is 1.80. The SMILES string of the molecule is CC(C)(O)C(=N)N[C@@H]1C[C@H](N)C(O[C@H]2O[C@H](CNC(=N)CO)CCC2N)C(O)C1O[C@H]1OC(CO)C(O)[C@H](N)C1O. The van der Waals surface area contributed by atoms with Crippen LogP contribution in [-0.2, 0) is 18.9 Å². The van der Waals surface area contributed by atoms with Crippen molar-refractivity contribution in [2.45, 2.75) is 118 Å². The average Bonchev–Trinajstić information content (AvgIpc) is 2.92. The number of amidine groups is 2. The van der Waals surface area contributed by atoms with Crippen molar-refractivity contribution in [3.05, 3.63) is 0 Å². The minimum atomic E-state index is -1.56. The zero-order valence-corrected chi connectivity index (χ0v) is 23.3. The van der Waals surface area contributed by atoms with Crippen molar-refractivity contribution < 1.29 is 49.6 Å². The molecule has 2 saturated heterocycles. The summed E-state index contributed by atoms with van der Waals surface area (Å²) in [7, 11) is 0. The number of hydrogen-bond acceptors (Lipinski definition) is 15. The second kappa shape index (κ2) is 14.3. The normalized spacial score (nSPS) is 42.0. The number of aliphatic hydroxyl groups excluding tert-OH is 5. The van der Waals surface area contributed by atoms with E-state index in [1.165, 1.54) is 13.8 Å². The highest BCUT2D eigenvalue weighted by Crippen LogP contribution is 2.31. The fourth-order valence-corrected chi connectivity index (χ4v) is 5.09. The lowest BCUT2D eigenvalue weighted by Crippen LogP contribution is -2.69. The van der Waals surface area contributed by atoms with Gasteiger partial charge >= 0.3 is 0 Å². The monoisotopic (exact) mass is 593 g/mol. The molecule has 238 valence electrons. The number of nitrogens with two attached hydrogens (primary N) is 3. The maximum atomic E-state index is 11.5. The van der Waals surface area contributed by atoms with Gasteiger partial charge in [-0.2, -0.15) is 0 Å². The zero-order chi connectivity index (χ0) is 30.6. The Bertz CT molecular complexity index is 880. The van der Waals surface area contributed by atoms with Gasteiger partial charge in [-0.3, -0.25) is 10.8 Å². The van der Waals surface area contributed by atoms with Crippen molar-refractivity contribution in [3.63, 3.8) is 0 Å². The third kappa shape index (κ3) is 8.29. The molecule has 0 aromatic carbocycles. The van der Waals surface area contributed by atoms with Gasteiger partial charge in [-0.15, -0.1) is 0 Å². The van der Waals surface area contributed by atoms with Crippen molar-refractivity contribution >= 4 is 11.7 Å². The predicted molar refractivity (Wildman–Crippen MR) is 144 cm³/mol. The summed E-state index contributed by atoms with van der Waals surface area (Å²) in [4.78, 5) is 0. The third-order valence-electron chi connectivity index (χ3n) is 7.68. The molecule has 1 aliphatic carbocycles. The van der Waals surface area contributed by atoms with Gasteiger partial charge in [0.15, 0.2) is 12.6 Å². The summed E-state index contributed by atoms with van der Waals surface area (Å²) in [5.41, 5.74) is 17.0. The first kappa shape index (κ1) is 33.9. The lowest BCUT2D eigenvalue weighted by atomic mass is 9.83. The quantitative estimate of drug-likeness (QED) is 0.0831. The molecule has 3 rings (SSSR count). The highest BCUT2D eigenvalue weighted by molar-refractivity contribution is 5.87. The van der Waals surface area contributed by atoms with Gasteiger partial charge in [-0.05, 0) is 33.1 Å². The van der Waals surface area contributed by atoms with E-state index in [4.69, 9.17) is 52.1 Å². The summed E-state index contributed by atoms with van der Waals surface area (Å²) < 4.78 is 23.6. The summed E-state index contributed by atoms with van der Waals surface area (Å²) in [5.74, 6) is -0.342. The van der Waals surface area contributed by atoms with E-state index in [1.807, 2.05) is 0 Å². The molecule has 2 aliphatic heterocycles. The minimum absolute atomic E-state index is 0.0661. The fourth-order valence-electron chi connectivity index (χ4n) is 5.09. The highest BCUT2D eigenvalue weighted by Gasteiger charge is 2.51. The van der Waals surface area contributed by atoms with Gasteiger partial charge in [0.25, 0.3) is 0 Å². The van der Waals surface area contributed by atoms with Gasteiger partial charge in [-0.1, -0.05) is 0 Å². The van der Waals surface area contributed by atoms with E-state index >= 15 is 0 Å². The molecule has 0 radical (unpaired) electrons. The maximum absolute atomic E-state index is 11.5. The van der Waals surface area contributed by atoms with E-state index < -0.39 is 98.3 Å². The first-order valence-corrected chi connectivity index (χ1v) is 13.7. The zero-order valence-electron chi connectivity index (χ0n) is 23.3. The van der Waals surface area contributed by atoms with Gasteiger partial charge in [0.1, 0.15) is 60.5 Å². The molecular weight excluding hydrogens is 546 g/mol. The molecule has 1 saturated carbocycles. The second-order valence-corrected chi connectivity index (χ2v) is 11.4. The second-order valence-electron chi connectivity index (χ2n) is 11.4. The summed E-state index contributed by atoms with van der Waals surface area (Å²) in [6.07, 6.45) is -9.61. The largest absolute Gasteiger partial charge is 0.394 e. The van der Waals surface area contributed by atoms with Crippen molar-refractivity contribution in [2.75, 3.05) is 19.8 Å². The van der Waals surface area contributed by atoms with Crippen LogP contribution in [0.4, 0.5) is 0 Å². The number of hydrogen-bond donors (Lipinski definition) is 13. The van der Waals surface area contributed by atoms with E-state index in [2.05, 4.69) is 10.6 Å². The van der Waals surface area contributed by atoms with Crippen molar-refractivity contribution in [3.8, 4) is 0 Å². The van der Waals surface area contributed by atoms with Crippen LogP contribution in [0.1, 0.15) is 33.1 Å². The highest BCUT2D eigenvalue weighted by atomic mass is 16.7. The molecule has 0 bridgehead atoms. The smallest absolute Gasteiger partial charge is 0.186 e. The van der Waals surface area contributed by atoms with Crippen molar-refractivity contribution in [1.82, 2.24) is 10.6 Å². The lowest BCUT2D eigenvalue weighted by Gasteiger charge is -2.48. The Morgan fingerprint density at radius 1 is 0.927 bits per heavy atom. The van der Waals surface area contributed by atoms with E-state index in [9.17, 15) is 25.5 Å². The molecule has 13 atom stereocenters. The Kier molecular flexibility index (Phi) is 11.8. The van der Waals surface area contributed by atoms with E-state index in [0.29, 0.717) is 12.8 Å². The van der Waals surface area contributed by atoms with E-state index in [-0.39, 0.29) is 24.6 Å². The Morgan fingerprint density at radius 2 is 1.59 bits per heavy atom. The minimum Gasteiger partial charge on any atom is -0.394 e. The van der Waals surface area contributed by atoms with Crippen LogP contribution in [-0.4, -0.2) is 147 Å². The molecule has 17 nitrogen and oxygen atoms in total. The number of rotatable bonds is 10. The summed E-state index contributed by atoms with van der Waals surface area (Å²) >= 11 is 0. The number of ether oxygens (including phenoxy) is 4. The van der Waals surface area contributed by atoms with Crippen LogP contribution >= 0.6 is 0 Å². The van der Waals surface area contributed by atoms with Gasteiger partial charge in [-0.25, -0.2) is 0 Å². The topological polar surface area (TPSA) is 308 Å². The molecule has 41 heavy (non-hydrogen) atoms. The van der Waals surface area contributed by atoms with Gasteiger partial charge in [0, 0.05) is 12.6 Å². The fraction of sp³-hybridized carbons (Fsp3) is 0.917. The van der Waals surface area contributed by atoms with Crippen LogP contribution in [0.3, 0.4) is 0 Å². The summed E-state index contributed by atoms with van der Waals surface area (Å²) in [6.45, 7) is 1.98. The third-order valence-corrected chi connectivity index (χ3v) is 7.68. The summed E-state index contributed by atoms with van der Waals surface area (Å²) in [6, 6.07) is -3.48. The molecule has 0 spiro atoms. The van der Waals surface area contributed by atoms with Crippen LogP contribution in [0.2, 0.25) is 0 Å². The molecule has 16 N–H and O–H groups in total. The molecule has 3 fully saturated rings. The van der Waals surface area contributed by atoms with Crippen LogP contribution in [0.15, 0.2) is 0 Å². The maximum Gasteiger partial charge on any atom is 0.186 e. The molecule has 17 heteroatoms. The molecule has 2 heterocycles. The number of nitrogens with one attached hydrogen (secondary N) is 4. The standard InChI is InChI=1S/C24H47N7O10/c1-24(2,37)23(29)31-12-5-11(26)19(40-21-10(25)4-3-9(38-21)6-30-14(27)8-33)18(36)20(12)41-22-17(35)15(28)16(34)13(7-32)39-22/h9-13,15-22,32-37H,3-8,25-26,28H2,1-2H3,(H2,27,30)(H2,29,31)/t9-,10?,11-,12+,13?,15-,16?,17?,18?,19?,20?,21+,22+/m0/s1. The predicted octanol–water partition coefficient (Wildman–Crippen LogP) is -5.29.